The number of aryl methyl sites for hydroxylation is 2. The number of imidazole rings is 1. The normalized spacial score (nSPS) is 16.6. The van der Waals surface area contributed by atoms with Crippen molar-refractivity contribution >= 4 is 22.8 Å². The highest BCUT2D eigenvalue weighted by molar-refractivity contribution is 5.93. The fourth-order valence-electron chi connectivity index (χ4n) is 4.47. The molecule has 1 aromatic carbocycles. The molecule has 2 aromatic heterocycles. The molecular weight excluding hydrogens is 404 g/mol. The summed E-state index contributed by atoms with van der Waals surface area (Å²) >= 11 is 0. The first kappa shape index (κ1) is 21.9. The van der Waals surface area contributed by atoms with E-state index < -0.39 is 5.91 Å². The van der Waals surface area contributed by atoms with Crippen molar-refractivity contribution < 1.29 is 9.59 Å². The summed E-state index contributed by atoms with van der Waals surface area (Å²) in [5.74, 6) is 1.63. The summed E-state index contributed by atoms with van der Waals surface area (Å²) in [7, 11) is 0. The number of fused-ring (bicyclic) bond motifs is 1. The molecule has 8 heteroatoms. The van der Waals surface area contributed by atoms with Gasteiger partial charge in [0, 0.05) is 44.1 Å². The zero-order chi connectivity index (χ0) is 22.8. The van der Waals surface area contributed by atoms with E-state index in [0.717, 1.165) is 36.2 Å². The van der Waals surface area contributed by atoms with Crippen molar-refractivity contribution in [2.75, 3.05) is 13.1 Å². The second-order valence-electron chi connectivity index (χ2n) is 8.79. The van der Waals surface area contributed by atoms with Gasteiger partial charge in [-0.15, -0.1) is 0 Å². The largest absolute Gasteiger partial charge is 0.365 e. The number of aromatic nitrogens is 4. The lowest BCUT2D eigenvalue weighted by molar-refractivity contribution is -0.132. The van der Waals surface area contributed by atoms with Crippen molar-refractivity contribution in [3.63, 3.8) is 0 Å². The number of para-hydroxylation sites is 2. The predicted molar refractivity (Wildman–Crippen MR) is 122 cm³/mol. The van der Waals surface area contributed by atoms with Gasteiger partial charge in [0.1, 0.15) is 11.6 Å². The third kappa shape index (κ3) is 4.35. The molecule has 2 amide bonds. The summed E-state index contributed by atoms with van der Waals surface area (Å²) in [5, 5.41) is 0. The Morgan fingerprint density at radius 2 is 2.00 bits per heavy atom. The molecule has 1 aliphatic rings. The van der Waals surface area contributed by atoms with Crippen LogP contribution in [0.2, 0.25) is 0 Å². The van der Waals surface area contributed by atoms with Gasteiger partial charge in [-0.3, -0.25) is 9.59 Å². The van der Waals surface area contributed by atoms with Crippen LogP contribution >= 0.6 is 0 Å². The first-order chi connectivity index (χ1) is 15.3. The minimum atomic E-state index is -0.526. The van der Waals surface area contributed by atoms with Crippen LogP contribution in [-0.4, -0.2) is 49.3 Å². The first-order valence-electron chi connectivity index (χ1n) is 11.2. The molecule has 0 unspecified atom stereocenters. The Labute approximate surface area is 187 Å². The molecule has 1 aliphatic heterocycles. The second-order valence-corrected chi connectivity index (χ2v) is 8.79. The number of primary amides is 1. The Bertz CT molecular complexity index is 1150. The zero-order valence-electron chi connectivity index (χ0n) is 18.9. The predicted octanol–water partition coefficient (Wildman–Crippen LogP) is 3.15. The standard InChI is InChI=1S/C24H30N6O2/c1-15(2)24-28-19-8-4-5-9-20(19)30(24)12-10-21(31)29-11-6-7-17(14-29)23-26-13-18(22(25)32)16(3)27-23/h4-5,8-9,13,15,17H,6-7,10-12,14H2,1-3H3,(H2,25,32)/t17-/m1/s1. The minimum Gasteiger partial charge on any atom is -0.365 e. The van der Waals surface area contributed by atoms with Crippen molar-refractivity contribution in [2.45, 2.75) is 58.4 Å². The molecule has 4 rings (SSSR count). The summed E-state index contributed by atoms with van der Waals surface area (Å²) in [6.45, 7) is 7.96. The fourth-order valence-corrected chi connectivity index (χ4v) is 4.47. The molecular formula is C24H30N6O2. The molecule has 32 heavy (non-hydrogen) atoms. The number of nitrogens with two attached hydrogens (primary N) is 1. The Morgan fingerprint density at radius 3 is 2.72 bits per heavy atom. The summed E-state index contributed by atoms with van der Waals surface area (Å²) in [6, 6.07) is 8.07. The highest BCUT2D eigenvalue weighted by Crippen LogP contribution is 2.26. The van der Waals surface area contributed by atoms with E-state index >= 15 is 0 Å². The smallest absolute Gasteiger partial charge is 0.252 e. The summed E-state index contributed by atoms with van der Waals surface area (Å²) < 4.78 is 2.17. The molecule has 1 saturated heterocycles. The molecule has 0 bridgehead atoms. The fraction of sp³-hybridized carbons (Fsp3) is 0.458. The van der Waals surface area contributed by atoms with Gasteiger partial charge in [-0.05, 0) is 31.9 Å². The number of hydrogen-bond donors (Lipinski definition) is 1. The molecule has 168 valence electrons. The number of carbonyl (C=O) groups excluding carboxylic acids is 2. The minimum absolute atomic E-state index is 0.0635. The molecule has 8 nitrogen and oxygen atoms in total. The van der Waals surface area contributed by atoms with Crippen LogP contribution in [0.1, 0.15) is 72.6 Å². The number of hydrogen-bond acceptors (Lipinski definition) is 5. The number of carbonyl (C=O) groups is 2. The van der Waals surface area contributed by atoms with Gasteiger partial charge < -0.3 is 15.2 Å². The van der Waals surface area contributed by atoms with Crippen LogP contribution in [0.15, 0.2) is 30.5 Å². The van der Waals surface area contributed by atoms with E-state index in [2.05, 4.69) is 34.4 Å². The van der Waals surface area contributed by atoms with Crippen LogP contribution < -0.4 is 5.73 Å². The van der Waals surface area contributed by atoms with Crippen molar-refractivity contribution in [1.29, 1.82) is 0 Å². The first-order valence-corrected chi connectivity index (χ1v) is 11.2. The monoisotopic (exact) mass is 434 g/mol. The number of benzene rings is 1. The summed E-state index contributed by atoms with van der Waals surface area (Å²) in [5.41, 5.74) is 8.32. The summed E-state index contributed by atoms with van der Waals surface area (Å²) in [6.07, 6.45) is 3.75. The van der Waals surface area contributed by atoms with Crippen molar-refractivity contribution in [2.24, 2.45) is 5.73 Å². The van der Waals surface area contributed by atoms with Gasteiger partial charge in [0.25, 0.3) is 5.91 Å². The van der Waals surface area contributed by atoms with Crippen LogP contribution in [0.4, 0.5) is 0 Å². The third-order valence-corrected chi connectivity index (χ3v) is 6.15. The van der Waals surface area contributed by atoms with E-state index in [4.69, 9.17) is 10.7 Å². The molecule has 1 atom stereocenters. The molecule has 0 radical (unpaired) electrons. The maximum Gasteiger partial charge on any atom is 0.252 e. The van der Waals surface area contributed by atoms with Gasteiger partial charge in [-0.2, -0.15) is 0 Å². The van der Waals surface area contributed by atoms with E-state index in [0.29, 0.717) is 36.6 Å². The molecule has 1 fully saturated rings. The third-order valence-electron chi connectivity index (χ3n) is 6.15. The lowest BCUT2D eigenvalue weighted by Crippen LogP contribution is -2.40. The lowest BCUT2D eigenvalue weighted by atomic mass is 9.96. The van der Waals surface area contributed by atoms with E-state index in [1.807, 2.05) is 23.1 Å². The highest BCUT2D eigenvalue weighted by atomic mass is 16.2. The van der Waals surface area contributed by atoms with Crippen LogP contribution in [0.5, 0.6) is 0 Å². The van der Waals surface area contributed by atoms with Gasteiger partial charge in [0.05, 0.1) is 22.3 Å². The van der Waals surface area contributed by atoms with Gasteiger partial charge in [-0.25, -0.2) is 15.0 Å². The Balaban J connectivity index is 1.46. The number of piperidine rings is 1. The summed E-state index contributed by atoms with van der Waals surface area (Å²) in [4.78, 5) is 40.1. The van der Waals surface area contributed by atoms with Crippen LogP contribution in [0, 0.1) is 6.92 Å². The van der Waals surface area contributed by atoms with Gasteiger partial charge in [0.2, 0.25) is 5.91 Å². The highest BCUT2D eigenvalue weighted by Gasteiger charge is 2.27. The lowest BCUT2D eigenvalue weighted by Gasteiger charge is -2.32. The SMILES string of the molecule is Cc1nc([C@@H]2CCCN(C(=O)CCn3c(C(C)C)nc4ccccc43)C2)ncc1C(N)=O. The quantitative estimate of drug-likeness (QED) is 0.641. The molecule has 0 spiro atoms. The molecule has 3 aromatic rings. The van der Waals surface area contributed by atoms with E-state index in [-0.39, 0.29) is 17.7 Å². The number of likely N-dealkylation sites (tertiary alicyclic amines) is 1. The van der Waals surface area contributed by atoms with Gasteiger partial charge in [0.15, 0.2) is 0 Å². The molecule has 2 N–H and O–H groups in total. The Morgan fingerprint density at radius 1 is 1.22 bits per heavy atom. The van der Waals surface area contributed by atoms with Crippen LogP contribution in [0.3, 0.4) is 0 Å². The second kappa shape index (κ2) is 9.06. The Hall–Kier alpha value is -3.29. The average molecular weight is 435 g/mol. The molecule has 0 saturated carbocycles. The van der Waals surface area contributed by atoms with Crippen molar-refractivity contribution in [3.05, 3.63) is 53.4 Å². The molecule has 3 heterocycles. The number of rotatable bonds is 6. The number of nitrogens with zero attached hydrogens (tertiary/aromatic N) is 5. The maximum atomic E-state index is 13.1. The van der Waals surface area contributed by atoms with Crippen molar-refractivity contribution in [1.82, 2.24) is 24.4 Å². The molecule has 0 aliphatic carbocycles. The number of amides is 2. The maximum absolute atomic E-state index is 13.1. The van der Waals surface area contributed by atoms with Gasteiger partial charge in [-0.1, -0.05) is 26.0 Å². The van der Waals surface area contributed by atoms with E-state index in [1.54, 1.807) is 6.92 Å². The van der Waals surface area contributed by atoms with Crippen LogP contribution in [-0.2, 0) is 11.3 Å². The van der Waals surface area contributed by atoms with Crippen molar-refractivity contribution in [3.8, 4) is 0 Å². The zero-order valence-corrected chi connectivity index (χ0v) is 18.9. The topological polar surface area (TPSA) is 107 Å². The van der Waals surface area contributed by atoms with Gasteiger partial charge >= 0.3 is 0 Å². The van der Waals surface area contributed by atoms with E-state index in [9.17, 15) is 9.59 Å². The van der Waals surface area contributed by atoms with E-state index in [1.165, 1.54) is 6.20 Å². The van der Waals surface area contributed by atoms with Crippen LogP contribution in [0.25, 0.3) is 11.0 Å². The Kier molecular flexibility index (Phi) is 6.21. The average Bonchev–Trinajstić information content (AvgIpc) is 3.16.